The van der Waals surface area contributed by atoms with Gasteiger partial charge in [-0.3, -0.25) is 9.09 Å². The topological polar surface area (TPSA) is 63.2 Å². The Morgan fingerprint density at radius 2 is 1.00 bits per heavy atom. The molecule has 200 valence electrons. The van der Waals surface area contributed by atoms with Gasteiger partial charge in [0, 0.05) is 0 Å². The number of hydrogen-bond acceptors (Lipinski definition) is 7. The van der Waals surface area contributed by atoms with Crippen molar-refractivity contribution in [1.29, 1.82) is 0 Å². The molecule has 0 amide bonds. The molecule has 0 spiro atoms. The molecule has 5 unspecified atom stereocenters. The lowest BCUT2D eigenvalue weighted by atomic mass is 10.4. The quantitative estimate of drug-likeness (QED) is 0.0950. The van der Waals surface area contributed by atoms with Crippen LogP contribution in [0.15, 0.2) is 0 Å². The van der Waals surface area contributed by atoms with Crippen LogP contribution in [-0.2, 0) is 39.0 Å². The fourth-order valence-corrected chi connectivity index (χ4v) is 7.54. The van der Waals surface area contributed by atoms with E-state index in [2.05, 4.69) is 0 Å². The average Bonchev–Trinajstić information content (AvgIpc) is 2.82. The van der Waals surface area contributed by atoms with E-state index in [0.717, 1.165) is 0 Å². The van der Waals surface area contributed by atoms with Crippen molar-refractivity contribution >= 4 is 72.5 Å². The summed E-state index contributed by atoms with van der Waals surface area (Å²) in [5.74, 6) is -1.01. The molecule has 0 aromatic rings. The van der Waals surface area contributed by atoms with E-state index in [0.29, 0.717) is 38.5 Å². The molecule has 0 aromatic carbocycles. The summed E-state index contributed by atoms with van der Waals surface area (Å²) in [6, 6.07) is 0. The van der Waals surface area contributed by atoms with Gasteiger partial charge in [-0.15, -0.1) is 46.4 Å². The van der Waals surface area contributed by atoms with E-state index in [1.165, 1.54) is 0 Å². The molecule has 0 N–H and O–H groups in total. The molecule has 0 heterocycles. The minimum atomic E-state index is -3.84. The second-order valence-corrected chi connectivity index (χ2v) is 15.1. The second-order valence-electron chi connectivity index (χ2n) is 7.54. The highest BCUT2D eigenvalue weighted by atomic mass is 35.5. The van der Waals surface area contributed by atoms with Crippen LogP contribution in [0.2, 0.25) is 0 Å². The Morgan fingerprint density at radius 3 is 1.30 bits per heavy atom. The predicted molar refractivity (Wildman–Crippen MR) is 145 cm³/mol. The van der Waals surface area contributed by atoms with Crippen LogP contribution in [-0.4, -0.2) is 53.8 Å². The smallest absolute Gasteiger partial charge is 0.307 e. The molecule has 5 atom stereocenters. The fourth-order valence-electron chi connectivity index (χ4n) is 2.15. The highest BCUT2D eigenvalue weighted by Crippen LogP contribution is 2.63. The molecule has 0 saturated heterocycles. The Morgan fingerprint density at radius 1 is 0.667 bits per heavy atom. The number of hydrogen-bond donors (Lipinski definition) is 0. The van der Waals surface area contributed by atoms with Crippen molar-refractivity contribution in [2.45, 2.75) is 100 Å². The van der Waals surface area contributed by atoms with Crippen LogP contribution in [0.3, 0.4) is 0 Å². The Balaban J connectivity index is 5.85. The summed E-state index contributed by atoms with van der Waals surface area (Å²) in [6.07, 6.45) is 3.61. The van der Waals surface area contributed by atoms with Gasteiger partial charge in [-0.1, -0.05) is 41.0 Å². The Labute approximate surface area is 225 Å². The predicted octanol–water partition coefficient (Wildman–Crippen LogP) is 8.68. The minimum absolute atomic E-state index is 0.0295. The zero-order chi connectivity index (χ0) is 25.5. The molecular formula is C20H40Cl4O6P2S. The standard InChI is InChI=1S/C20H40Cl4O6P2S/c1-6-11-20(31(25,26-12-16(21)7-2)27-13-17(22)8-3)30-32(33,28-14-18(23)9-4)29-15-19(24)10-5/h16-20H,6-15H2,1-5H3. The zero-order valence-electron chi connectivity index (χ0n) is 20.2. The molecule has 0 bridgehead atoms. The summed E-state index contributed by atoms with van der Waals surface area (Å²) >= 11 is 30.5. The van der Waals surface area contributed by atoms with Gasteiger partial charge in [0.15, 0.2) is 5.85 Å². The lowest BCUT2D eigenvalue weighted by Crippen LogP contribution is -2.22. The first-order valence-electron chi connectivity index (χ1n) is 11.5. The highest BCUT2D eigenvalue weighted by Gasteiger charge is 2.42. The van der Waals surface area contributed by atoms with Crippen LogP contribution < -0.4 is 0 Å². The minimum Gasteiger partial charge on any atom is -0.307 e. The molecule has 0 aliphatic rings. The van der Waals surface area contributed by atoms with Crippen molar-refractivity contribution in [3.63, 3.8) is 0 Å². The van der Waals surface area contributed by atoms with Crippen molar-refractivity contribution in [2.24, 2.45) is 0 Å². The molecule has 0 rings (SSSR count). The molecular weight excluding hydrogens is 572 g/mol. The maximum Gasteiger partial charge on any atom is 0.359 e. The molecule has 0 aromatic heterocycles. The number of rotatable bonds is 21. The van der Waals surface area contributed by atoms with Crippen molar-refractivity contribution < 1.29 is 27.2 Å². The third-order valence-electron chi connectivity index (χ3n) is 4.61. The number of halogens is 4. The largest absolute Gasteiger partial charge is 0.359 e. The van der Waals surface area contributed by atoms with Crippen LogP contribution in [0.4, 0.5) is 0 Å². The van der Waals surface area contributed by atoms with Gasteiger partial charge in [0.05, 0.1) is 47.9 Å². The third-order valence-corrected chi connectivity index (χ3v) is 10.9. The Kier molecular flexibility index (Phi) is 20.0. The fraction of sp³-hybridized carbons (Fsp3) is 1.00. The van der Waals surface area contributed by atoms with Gasteiger partial charge in [-0.2, -0.15) is 0 Å². The molecule has 0 saturated carbocycles. The van der Waals surface area contributed by atoms with Gasteiger partial charge in [0.25, 0.3) is 0 Å². The lowest BCUT2D eigenvalue weighted by molar-refractivity contribution is 0.107. The third kappa shape index (κ3) is 15.0. The van der Waals surface area contributed by atoms with Crippen molar-refractivity contribution in [1.82, 2.24) is 0 Å². The molecule has 0 aliphatic heterocycles. The van der Waals surface area contributed by atoms with Crippen LogP contribution in [0.5, 0.6) is 0 Å². The van der Waals surface area contributed by atoms with Crippen molar-refractivity contribution in [3.05, 3.63) is 0 Å². The average molecular weight is 612 g/mol. The summed E-state index contributed by atoms with van der Waals surface area (Å²) < 4.78 is 43.3. The zero-order valence-corrected chi connectivity index (χ0v) is 25.9. The van der Waals surface area contributed by atoms with Crippen LogP contribution >= 0.6 is 60.7 Å². The lowest BCUT2D eigenvalue weighted by Gasteiger charge is -2.32. The number of alkyl halides is 4. The second kappa shape index (κ2) is 19.0. The van der Waals surface area contributed by atoms with Gasteiger partial charge in [-0.05, 0) is 43.9 Å². The normalized spacial score (nSPS) is 20.4. The summed E-state index contributed by atoms with van der Waals surface area (Å²) in [7, 11) is -3.84. The molecule has 6 nitrogen and oxygen atoms in total. The summed E-state index contributed by atoms with van der Waals surface area (Å²) in [6.45, 7) is 6.54. The van der Waals surface area contributed by atoms with E-state index in [4.69, 9.17) is 80.8 Å². The van der Waals surface area contributed by atoms with Crippen molar-refractivity contribution in [2.75, 3.05) is 26.4 Å². The van der Waals surface area contributed by atoms with Gasteiger partial charge < -0.3 is 18.1 Å². The van der Waals surface area contributed by atoms with E-state index >= 15 is 0 Å². The molecule has 33 heavy (non-hydrogen) atoms. The molecule has 13 heteroatoms. The van der Waals surface area contributed by atoms with Gasteiger partial charge in [-0.25, -0.2) is 0 Å². The maximum absolute atomic E-state index is 13.9. The van der Waals surface area contributed by atoms with Gasteiger partial charge >= 0.3 is 14.3 Å². The summed E-state index contributed by atoms with van der Waals surface area (Å²) in [5.41, 5.74) is 0. The van der Waals surface area contributed by atoms with Crippen LogP contribution in [0.1, 0.15) is 73.1 Å². The van der Waals surface area contributed by atoms with E-state index < -0.39 is 20.2 Å². The first-order valence-corrected chi connectivity index (χ1v) is 17.4. The Hall–Kier alpha value is 1.84. The van der Waals surface area contributed by atoms with Crippen molar-refractivity contribution in [3.8, 4) is 0 Å². The molecule has 0 aliphatic carbocycles. The summed E-state index contributed by atoms with van der Waals surface area (Å²) in [5, 5.41) is -1.21. The molecule has 0 radical (unpaired) electrons. The first kappa shape index (κ1) is 34.8. The highest BCUT2D eigenvalue weighted by molar-refractivity contribution is 8.07. The van der Waals surface area contributed by atoms with E-state index in [-0.39, 0.29) is 47.9 Å². The first-order chi connectivity index (χ1) is 15.5. The van der Waals surface area contributed by atoms with Gasteiger partial charge in [0.1, 0.15) is 0 Å². The Bertz CT molecular complexity index is 571. The van der Waals surface area contributed by atoms with Crippen LogP contribution in [0, 0.1) is 0 Å². The monoisotopic (exact) mass is 610 g/mol. The molecule has 0 fully saturated rings. The van der Waals surface area contributed by atoms with E-state index in [9.17, 15) is 4.57 Å². The van der Waals surface area contributed by atoms with Gasteiger partial charge in [0.2, 0.25) is 0 Å². The SMILES string of the molecule is CCCC(OP(=S)(OCC(Cl)CC)OCC(Cl)CC)P(=O)(OCC(Cl)CC)OCC(Cl)CC. The maximum atomic E-state index is 13.9. The van der Waals surface area contributed by atoms with E-state index in [1.807, 2.05) is 34.6 Å². The van der Waals surface area contributed by atoms with Crippen LogP contribution in [0.25, 0.3) is 0 Å². The van der Waals surface area contributed by atoms with E-state index in [1.54, 1.807) is 0 Å². The summed E-state index contributed by atoms with van der Waals surface area (Å²) in [4.78, 5) is 0.